The van der Waals surface area contributed by atoms with Crippen LogP contribution in [0.1, 0.15) is 6.92 Å². The lowest BCUT2D eigenvalue weighted by Crippen LogP contribution is -2.46. The molecule has 124 valence electrons. The van der Waals surface area contributed by atoms with E-state index in [1.165, 1.54) is 4.88 Å². The standard InChI is InChI=1S/C17H19N5S2/c1-2-21-6-8-22(9-7-21)17-19-12-13(14-4-3-10-23-14)15(20-17)16-18-5-11-24-16/h3-5,10-12H,2,6-9H2,1H3. The van der Waals surface area contributed by atoms with Crippen molar-refractivity contribution < 1.29 is 0 Å². The first-order valence-electron chi connectivity index (χ1n) is 8.13. The molecule has 1 saturated heterocycles. The van der Waals surface area contributed by atoms with E-state index < -0.39 is 0 Å². The van der Waals surface area contributed by atoms with E-state index in [1.807, 2.05) is 17.8 Å². The van der Waals surface area contributed by atoms with Gasteiger partial charge < -0.3 is 9.80 Å². The molecule has 3 aromatic heterocycles. The number of anilines is 1. The van der Waals surface area contributed by atoms with Crippen molar-refractivity contribution in [2.45, 2.75) is 6.92 Å². The fourth-order valence-corrected chi connectivity index (χ4v) is 4.28. The molecule has 4 rings (SSSR count). The lowest BCUT2D eigenvalue weighted by molar-refractivity contribution is 0.270. The zero-order valence-corrected chi connectivity index (χ0v) is 15.2. The van der Waals surface area contributed by atoms with Crippen molar-refractivity contribution in [2.24, 2.45) is 0 Å². The van der Waals surface area contributed by atoms with E-state index >= 15 is 0 Å². The topological polar surface area (TPSA) is 45.2 Å². The molecule has 0 atom stereocenters. The Kier molecular flexibility index (Phi) is 4.55. The Hall–Kier alpha value is -1.83. The average Bonchev–Trinajstić information content (AvgIpc) is 3.35. The van der Waals surface area contributed by atoms with Gasteiger partial charge in [0.1, 0.15) is 10.7 Å². The molecule has 5 nitrogen and oxygen atoms in total. The second-order valence-electron chi connectivity index (χ2n) is 5.67. The van der Waals surface area contributed by atoms with Crippen molar-refractivity contribution >= 4 is 28.6 Å². The van der Waals surface area contributed by atoms with Gasteiger partial charge in [0.05, 0.1) is 0 Å². The van der Waals surface area contributed by atoms with Gasteiger partial charge in [-0.1, -0.05) is 13.0 Å². The van der Waals surface area contributed by atoms with Gasteiger partial charge in [-0.3, -0.25) is 0 Å². The fraction of sp³-hybridized carbons (Fsp3) is 0.353. The van der Waals surface area contributed by atoms with Crippen molar-refractivity contribution in [3.63, 3.8) is 0 Å². The lowest BCUT2D eigenvalue weighted by atomic mass is 10.2. The maximum Gasteiger partial charge on any atom is 0.226 e. The zero-order valence-electron chi connectivity index (χ0n) is 13.6. The van der Waals surface area contributed by atoms with Crippen LogP contribution in [0.5, 0.6) is 0 Å². The SMILES string of the molecule is CCN1CCN(c2ncc(-c3cccs3)c(-c3nccs3)n2)CC1. The summed E-state index contributed by atoms with van der Waals surface area (Å²) >= 11 is 3.33. The Bertz CT molecular complexity index is 777. The quantitative estimate of drug-likeness (QED) is 0.715. The molecule has 0 aromatic carbocycles. The number of aromatic nitrogens is 3. The maximum atomic E-state index is 4.90. The molecule has 1 aliphatic heterocycles. The second-order valence-corrected chi connectivity index (χ2v) is 7.51. The van der Waals surface area contributed by atoms with E-state index in [4.69, 9.17) is 4.98 Å². The van der Waals surface area contributed by atoms with Crippen LogP contribution in [0.2, 0.25) is 0 Å². The van der Waals surface area contributed by atoms with E-state index in [9.17, 15) is 0 Å². The minimum absolute atomic E-state index is 0.816. The molecular weight excluding hydrogens is 338 g/mol. The summed E-state index contributed by atoms with van der Waals surface area (Å²) in [4.78, 5) is 19.9. The van der Waals surface area contributed by atoms with Crippen molar-refractivity contribution in [3.05, 3.63) is 35.3 Å². The largest absolute Gasteiger partial charge is 0.338 e. The third kappa shape index (κ3) is 3.07. The Morgan fingerprint density at radius 3 is 2.62 bits per heavy atom. The van der Waals surface area contributed by atoms with E-state index in [2.05, 4.69) is 44.2 Å². The summed E-state index contributed by atoms with van der Waals surface area (Å²) < 4.78 is 0. The Balaban J connectivity index is 1.69. The fourth-order valence-electron chi connectivity index (χ4n) is 2.90. The van der Waals surface area contributed by atoms with Crippen LogP contribution < -0.4 is 4.90 Å². The second kappa shape index (κ2) is 6.96. The summed E-state index contributed by atoms with van der Waals surface area (Å²) in [6.45, 7) is 7.41. The van der Waals surface area contributed by atoms with E-state index in [0.717, 1.165) is 54.9 Å². The highest BCUT2D eigenvalue weighted by atomic mass is 32.1. The van der Waals surface area contributed by atoms with Crippen LogP contribution >= 0.6 is 22.7 Å². The number of rotatable bonds is 4. The smallest absolute Gasteiger partial charge is 0.226 e. The third-order valence-corrected chi connectivity index (χ3v) is 5.98. The first-order chi connectivity index (χ1) is 11.8. The number of thiazole rings is 1. The van der Waals surface area contributed by atoms with Crippen LogP contribution in [0, 0.1) is 0 Å². The minimum Gasteiger partial charge on any atom is -0.338 e. The highest BCUT2D eigenvalue weighted by molar-refractivity contribution is 7.14. The van der Waals surface area contributed by atoms with Gasteiger partial charge in [-0.2, -0.15) is 0 Å². The van der Waals surface area contributed by atoms with Crippen molar-refractivity contribution in [2.75, 3.05) is 37.6 Å². The molecule has 0 saturated carbocycles. The van der Waals surface area contributed by atoms with Crippen LogP contribution in [0.15, 0.2) is 35.3 Å². The first-order valence-corrected chi connectivity index (χ1v) is 9.89. The average molecular weight is 358 g/mol. The number of likely N-dealkylation sites (N-methyl/N-ethyl adjacent to an activating group) is 1. The summed E-state index contributed by atoms with van der Waals surface area (Å²) in [5.74, 6) is 0.816. The van der Waals surface area contributed by atoms with Crippen molar-refractivity contribution in [3.8, 4) is 21.1 Å². The first kappa shape index (κ1) is 15.7. The van der Waals surface area contributed by atoms with E-state index in [-0.39, 0.29) is 0 Å². The summed E-state index contributed by atoms with van der Waals surface area (Å²) in [7, 11) is 0. The molecule has 0 aliphatic carbocycles. The van der Waals surface area contributed by atoms with E-state index in [1.54, 1.807) is 22.7 Å². The molecule has 4 heterocycles. The van der Waals surface area contributed by atoms with Gasteiger partial charge in [0.2, 0.25) is 5.95 Å². The minimum atomic E-state index is 0.816. The Morgan fingerprint density at radius 1 is 1.08 bits per heavy atom. The zero-order chi connectivity index (χ0) is 16.4. The Labute approximate surface area is 149 Å². The molecular formula is C17H19N5S2. The van der Waals surface area contributed by atoms with Crippen LogP contribution in [-0.4, -0.2) is 52.6 Å². The number of thiophene rings is 1. The molecule has 7 heteroatoms. The molecule has 1 aliphatic rings. The molecule has 0 N–H and O–H groups in total. The highest BCUT2D eigenvalue weighted by Crippen LogP contribution is 2.34. The summed E-state index contributed by atoms with van der Waals surface area (Å²) in [5, 5.41) is 5.03. The monoisotopic (exact) mass is 357 g/mol. The molecule has 0 amide bonds. The summed E-state index contributed by atoms with van der Waals surface area (Å²) in [6.07, 6.45) is 3.79. The van der Waals surface area contributed by atoms with Gasteiger partial charge in [0, 0.05) is 54.4 Å². The van der Waals surface area contributed by atoms with Crippen molar-refractivity contribution in [1.82, 2.24) is 19.9 Å². The van der Waals surface area contributed by atoms with Gasteiger partial charge in [-0.15, -0.1) is 22.7 Å². The van der Waals surface area contributed by atoms with Crippen molar-refractivity contribution in [1.29, 1.82) is 0 Å². The van der Waals surface area contributed by atoms with Crippen LogP contribution in [0.3, 0.4) is 0 Å². The molecule has 0 unspecified atom stereocenters. The number of hydrogen-bond donors (Lipinski definition) is 0. The van der Waals surface area contributed by atoms with Gasteiger partial charge in [0.25, 0.3) is 0 Å². The number of hydrogen-bond acceptors (Lipinski definition) is 7. The molecule has 1 fully saturated rings. The predicted molar refractivity (Wildman–Crippen MR) is 101 cm³/mol. The van der Waals surface area contributed by atoms with Crippen LogP contribution in [-0.2, 0) is 0 Å². The Morgan fingerprint density at radius 2 is 1.96 bits per heavy atom. The normalized spacial score (nSPS) is 15.8. The van der Waals surface area contributed by atoms with Gasteiger partial charge in [0.15, 0.2) is 0 Å². The molecule has 0 radical (unpaired) electrons. The van der Waals surface area contributed by atoms with Crippen LogP contribution in [0.4, 0.5) is 5.95 Å². The van der Waals surface area contributed by atoms with Gasteiger partial charge in [-0.05, 0) is 18.0 Å². The molecule has 3 aromatic rings. The van der Waals surface area contributed by atoms with Gasteiger partial charge >= 0.3 is 0 Å². The third-order valence-electron chi connectivity index (χ3n) is 4.30. The molecule has 0 spiro atoms. The highest BCUT2D eigenvalue weighted by Gasteiger charge is 2.21. The lowest BCUT2D eigenvalue weighted by Gasteiger charge is -2.34. The number of nitrogens with zero attached hydrogens (tertiary/aromatic N) is 5. The summed E-state index contributed by atoms with van der Waals surface area (Å²) in [6, 6.07) is 4.17. The molecule has 0 bridgehead atoms. The summed E-state index contributed by atoms with van der Waals surface area (Å²) in [5.41, 5.74) is 2.01. The predicted octanol–water partition coefficient (Wildman–Crippen LogP) is 3.47. The maximum absolute atomic E-state index is 4.90. The molecule has 24 heavy (non-hydrogen) atoms. The number of piperazine rings is 1. The van der Waals surface area contributed by atoms with E-state index in [0.29, 0.717) is 0 Å². The van der Waals surface area contributed by atoms with Gasteiger partial charge in [-0.25, -0.2) is 15.0 Å². The van der Waals surface area contributed by atoms with Crippen LogP contribution in [0.25, 0.3) is 21.1 Å².